The van der Waals surface area contributed by atoms with Gasteiger partial charge >= 0.3 is 0 Å². The molecule has 0 amide bonds. The maximum absolute atomic E-state index is 5.30. The van der Waals surface area contributed by atoms with Crippen molar-refractivity contribution in [1.82, 2.24) is 4.90 Å². The van der Waals surface area contributed by atoms with E-state index in [0.29, 0.717) is 0 Å². The van der Waals surface area contributed by atoms with Crippen LogP contribution in [0.2, 0.25) is 0 Å². The largest absolute Gasteiger partial charge is 0.379 e. The van der Waals surface area contributed by atoms with Gasteiger partial charge in [-0.25, -0.2) is 0 Å². The Hall–Kier alpha value is -0.0800. The molecule has 2 aliphatic rings. The van der Waals surface area contributed by atoms with Gasteiger partial charge in [0.05, 0.1) is 13.2 Å². The average molecular weight is 169 g/mol. The first-order valence-electron chi connectivity index (χ1n) is 5.25. The predicted octanol–water partition coefficient (Wildman–Crippen LogP) is 1.51. The highest BCUT2D eigenvalue weighted by Gasteiger charge is 2.20. The quantitative estimate of drug-likeness (QED) is 0.632. The van der Waals surface area contributed by atoms with Gasteiger partial charge in [0.1, 0.15) is 0 Å². The Morgan fingerprint density at radius 1 is 1.17 bits per heavy atom. The van der Waals surface area contributed by atoms with E-state index >= 15 is 0 Å². The summed E-state index contributed by atoms with van der Waals surface area (Å²) in [4.78, 5) is 2.53. The second kappa shape index (κ2) is 4.24. The minimum absolute atomic E-state index is 0.948. The van der Waals surface area contributed by atoms with Crippen LogP contribution < -0.4 is 0 Å². The zero-order valence-corrected chi connectivity index (χ0v) is 7.80. The molecule has 0 spiro atoms. The number of morpholine rings is 1. The van der Waals surface area contributed by atoms with Crippen molar-refractivity contribution in [2.75, 3.05) is 32.8 Å². The summed E-state index contributed by atoms with van der Waals surface area (Å²) >= 11 is 0. The SMILES string of the molecule is C(CC1CC1)CN1CCOCC1. The van der Waals surface area contributed by atoms with Crippen LogP contribution in [0.15, 0.2) is 0 Å². The van der Waals surface area contributed by atoms with Crippen LogP contribution in [0.1, 0.15) is 25.7 Å². The molecule has 2 heteroatoms. The number of hydrogen-bond acceptors (Lipinski definition) is 2. The highest BCUT2D eigenvalue weighted by Crippen LogP contribution is 2.33. The van der Waals surface area contributed by atoms with Crippen molar-refractivity contribution < 1.29 is 4.74 Å². The molecule has 0 aromatic heterocycles. The summed E-state index contributed by atoms with van der Waals surface area (Å²) in [5, 5.41) is 0. The molecule has 1 aliphatic heterocycles. The molecule has 0 N–H and O–H groups in total. The second-order valence-corrected chi connectivity index (χ2v) is 4.04. The Morgan fingerprint density at radius 2 is 1.92 bits per heavy atom. The molecule has 0 unspecified atom stereocenters. The third-order valence-corrected chi connectivity index (χ3v) is 2.89. The maximum atomic E-state index is 5.30. The number of nitrogens with zero attached hydrogens (tertiary/aromatic N) is 1. The highest BCUT2D eigenvalue weighted by molar-refractivity contribution is 4.73. The summed E-state index contributed by atoms with van der Waals surface area (Å²) in [7, 11) is 0. The van der Waals surface area contributed by atoms with E-state index in [1.54, 1.807) is 0 Å². The Bertz CT molecular complexity index is 128. The number of ether oxygens (including phenoxy) is 1. The van der Waals surface area contributed by atoms with Crippen molar-refractivity contribution in [3.8, 4) is 0 Å². The Balaban J connectivity index is 1.52. The zero-order chi connectivity index (χ0) is 8.23. The molecule has 2 fully saturated rings. The molecule has 0 atom stereocenters. The van der Waals surface area contributed by atoms with Gasteiger partial charge in [-0.15, -0.1) is 0 Å². The Morgan fingerprint density at radius 3 is 2.58 bits per heavy atom. The Labute approximate surface area is 74.9 Å². The fourth-order valence-electron chi connectivity index (χ4n) is 1.83. The van der Waals surface area contributed by atoms with E-state index in [-0.39, 0.29) is 0 Å². The van der Waals surface area contributed by atoms with Gasteiger partial charge in [0.25, 0.3) is 0 Å². The topological polar surface area (TPSA) is 12.5 Å². The molecule has 70 valence electrons. The molecule has 1 saturated carbocycles. The number of hydrogen-bond donors (Lipinski definition) is 0. The van der Waals surface area contributed by atoms with Crippen LogP contribution in [0.5, 0.6) is 0 Å². The van der Waals surface area contributed by atoms with Crippen LogP contribution in [-0.4, -0.2) is 37.7 Å². The van der Waals surface area contributed by atoms with Crippen molar-refractivity contribution in [3.63, 3.8) is 0 Å². The van der Waals surface area contributed by atoms with E-state index in [1.807, 2.05) is 0 Å². The first-order valence-corrected chi connectivity index (χ1v) is 5.25. The summed E-state index contributed by atoms with van der Waals surface area (Å²) < 4.78 is 5.30. The first-order chi connectivity index (χ1) is 5.95. The van der Waals surface area contributed by atoms with Crippen molar-refractivity contribution >= 4 is 0 Å². The maximum Gasteiger partial charge on any atom is 0.0594 e. The lowest BCUT2D eigenvalue weighted by Crippen LogP contribution is -2.36. The van der Waals surface area contributed by atoms with Crippen LogP contribution in [-0.2, 0) is 4.74 Å². The minimum atomic E-state index is 0.948. The van der Waals surface area contributed by atoms with E-state index in [2.05, 4.69) is 4.90 Å². The minimum Gasteiger partial charge on any atom is -0.379 e. The third kappa shape index (κ3) is 2.76. The van der Waals surface area contributed by atoms with E-state index in [9.17, 15) is 0 Å². The van der Waals surface area contributed by atoms with E-state index in [0.717, 1.165) is 32.2 Å². The summed E-state index contributed by atoms with van der Waals surface area (Å²) in [6.45, 7) is 5.52. The lowest BCUT2D eigenvalue weighted by molar-refractivity contribution is 0.0370. The molecule has 2 rings (SSSR count). The molecular weight excluding hydrogens is 150 g/mol. The molecule has 0 aromatic carbocycles. The summed E-state index contributed by atoms with van der Waals surface area (Å²) in [6, 6.07) is 0. The molecule has 0 radical (unpaired) electrons. The van der Waals surface area contributed by atoms with Gasteiger partial charge in [-0.3, -0.25) is 4.90 Å². The predicted molar refractivity (Wildman–Crippen MR) is 49.2 cm³/mol. The average Bonchev–Trinajstić information content (AvgIpc) is 2.90. The molecule has 0 bridgehead atoms. The molecule has 1 saturated heterocycles. The van der Waals surface area contributed by atoms with Gasteiger partial charge < -0.3 is 4.74 Å². The molecule has 0 aromatic rings. The van der Waals surface area contributed by atoms with Crippen LogP contribution >= 0.6 is 0 Å². The van der Waals surface area contributed by atoms with Crippen LogP contribution in [0.4, 0.5) is 0 Å². The van der Waals surface area contributed by atoms with Gasteiger partial charge in [-0.1, -0.05) is 12.8 Å². The molecule has 1 heterocycles. The molecule has 12 heavy (non-hydrogen) atoms. The van der Waals surface area contributed by atoms with Crippen LogP contribution in [0.25, 0.3) is 0 Å². The number of rotatable bonds is 4. The summed E-state index contributed by atoms with van der Waals surface area (Å²) in [5.74, 6) is 1.10. The van der Waals surface area contributed by atoms with Crippen molar-refractivity contribution in [3.05, 3.63) is 0 Å². The third-order valence-electron chi connectivity index (χ3n) is 2.89. The van der Waals surface area contributed by atoms with E-state index < -0.39 is 0 Å². The summed E-state index contributed by atoms with van der Waals surface area (Å²) in [5.41, 5.74) is 0. The monoisotopic (exact) mass is 169 g/mol. The standard InChI is InChI=1S/C10H19NO/c1(2-10-3-4-10)5-11-6-8-12-9-7-11/h10H,1-9H2. The summed E-state index contributed by atoms with van der Waals surface area (Å²) in [6.07, 6.45) is 5.88. The van der Waals surface area contributed by atoms with Crippen molar-refractivity contribution in [2.24, 2.45) is 5.92 Å². The van der Waals surface area contributed by atoms with Crippen molar-refractivity contribution in [1.29, 1.82) is 0 Å². The molecule has 1 aliphatic carbocycles. The van der Waals surface area contributed by atoms with E-state index in [4.69, 9.17) is 4.74 Å². The van der Waals surface area contributed by atoms with Crippen molar-refractivity contribution in [2.45, 2.75) is 25.7 Å². The fraction of sp³-hybridized carbons (Fsp3) is 1.00. The second-order valence-electron chi connectivity index (χ2n) is 4.04. The zero-order valence-electron chi connectivity index (χ0n) is 7.80. The van der Waals surface area contributed by atoms with Gasteiger partial charge in [-0.05, 0) is 25.3 Å². The first kappa shape index (κ1) is 8.52. The van der Waals surface area contributed by atoms with Gasteiger partial charge in [0.15, 0.2) is 0 Å². The smallest absolute Gasteiger partial charge is 0.0594 e. The van der Waals surface area contributed by atoms with E-state index in [1.165, 1.54) is 32.2 Å². The lowest BCUT2D eigenvalue weighted by atomic mass is 10.2. The van der Waals surface area contributed by atoms with Crippen LogP contribution in [0.3, 0.4) is 0 Å². The highest BCUT2D eigenvalue weighted by atomic mass is 16.5. The molecule has 2 nitrogen and oxygen atoms in total. The van der Waals surface area contributed by atoms with Gasteiger partial charge in [0, 0.05) is 13.1 Å². The normalized spacial score (nSPS) is 26.0. The van der Waals surface area contributed by atoms with Crippen LogP contribution in [0, 0.1) is 5.92 Å². The Kier molecular flexibility index (Phi) is 3.01. The molecular formula is C10H19NO. The lowest BCUT2D eigenvalue weighted by Gasteiger charge is -2.26. The fourth-order valence-corrected chi connectivity index (χ4v) is 1.83. The van der Waals surface area contributed by atoms with Gasteiger partial charge in [-0.2, -0.15) is 0 Å². The van der Waals surface area contributed by atoms with Gasteiger partial charge in [0.2, 0.25) is 0 Å².